The van der Waals surface area contributed by atoms with Crippen LogP contribution in [-0.4, -0.2) is 57.0 Å². The van der Waals surface area contributed by atoms with Gasteiger partial charge < -0.3 is 10.2 Å². The minimum Gasteiger partial charge on any atom is -0.312 e. The number of hydrogen-bond donors (Lipinski definition) is 1. The van der Waals surface area contributed by atoms with Crippen molar-refractivity contribution < 1.29 is 8.42 Å². The van der Waals surface area contributed by atoms with Crippen molar-refractivity contribution in [2.75, 3.05) is 37.7 Å². The zero-order chi connectivity index (χ0) is 14.8. The zero-order valence-corrected chi connectivity index (χ0v) is 14.0. The molecule has 0 aromatic heterocycles. The van der Waals surface area contributed by atoms with E-state index >= 15 is 0 Å². The van der Waals surface area contributed by atoms with E-state index in [1.807, 2.05) is 0 Å². The standard InChI is InChI=1S/C15H30N2O2S/c1-15(2,3)13-4-8-17(9-5-13)10-6-14-12-20(18,19)11-7-16-14/h13-14,16H,4-12H2,1-3H3. The molecule has 0 saturated carbocycles. The van der Waals surface area contributed by atoms with E-state index in [0.29, 0.717) is 23.5 Å². The molecule has 5 heteroatoms. The highest BCUT2D eigenvalue weighted by Gasteiger charge is 2.29. The fourth-order valence-corrected chi connectivity index (χ4v) is 4.91. The van der Waals surface area contributed by atoms with Gasteiger partial charge in [-0.25, -0.2) is 8.42 Å². The van der Waals surface area contributed by atoms with Crippen molar-refractivity contribution in [3.8, 4) is 0 Å². The number of likely N-dealkylation sites (tertiary alicyclic amines) is 1. The molecule has 2 heterocycles. The smallest absolute Gasteiger partial charge is 0.153 e. The van der Waals surface area contributed by atoms with E-state index in [0.717, 1.165) is 18.9 Å². The van der Waals surface area contributed by atoms with Crippen LogP contribution in [0.4, 0.5) is 0 Å². The minimum absolute atomic E-state index is 0.161. The predicted molar refractivity (Wildman–Crippen MR) is 83.7 cm³/mol. The molecule has 0 aliphatic carbocycles. The molecule has 0 amide bonds. The van der Waals surface area contributed by atoms with Crippen LogP contribution in [-0.2, 0) is 9.84 Å². The predicted octanol–water partition coefficient (Wildman–Crippen LogP) is 1.52. The molecule has 1 N–H and O–H groups in total. The second-order valence-electron chi connectivity index (χ2n) is 7.54. The van der Waals surface area contributed by atoms with Crippen LogP contribution >= 0.6 is 0 Å². The number of nitrogens with zero attached hydrogens (tertiary/aromatic N) is 1. The highest BCUT2D eigenvalue weighted by atomic mass is 32.2. The molecule has 2 rings (SSSR count). The van der Waals surface area contributed by atoms with Gasteiger partial charge in [-0.2, -0.15) is 0 Å². The molecule has 1 unspecified atom stereocenters. The van der Waals surface area contributed by atoms with Gasteiger partial charge in [0.25, 0.3) is 0 Å². The van der Waals surface area contributed by atoms with E-state index in [2.05, 4.69) is 31.0 Å². The van der Waals surface area contributed by atoms with E-state index in [9.17, 15) is 8.42 Å². The van der Waals surface area contributed by atoms with Crippen molar-refractivity contribution in [1.29, 1.82) is 0 Å². The maximum Gasteiger partial charge on any atom is 0.153 e. The van der Waals surface area contributed by atoms with Gasteiger partial charge >= 0.3 is 0 Å². The number of rotatable bonds is 3. The third-order valence-electron chi connectivity index (χ3n) is 4.91. The molecular formula is C15H30N2O2S. The molecule has 2 saturated heterocycles. The van der Waals surface area contributed by atoms with Gasteiger partial charge in [-0.15, -0.1) is 0 Å². The Labute approximate surface area is 124 Å². The summed E-state index contributed by atoms with van der Waals surface area (Å²) in [5.74, 6) is 1.46. The Morgan fingerprint density at radius 2 is 1.85 bits per heavy atom. The average molecular weight is 302 g/mol. The van der Waals surface area contributed by atoms with E-state index < -0.39 is 9.84 Å². The molecule has 20 heavy (non-hydrogen) atoms. The van der Waals surface area contributed by atoms with Crippen LogP contribution in [0.25, 0.3) is 0 Å². The molecule has 0 bridgehead atoms. The van der Waals surface area contributed by atoms with Crippen molar-refractivity contribution in [2.45, 2.75) is 46.1 Å². The summed E-state index contributed by atoms with van der Waals surface area (Å²) >= 11 is 0. The third-order valence-corrected chi connectivity index (χ3v) is 6.64. The maximum absolute atomic E-state index is 11.6. The largest absolute Gasteiger partial charge is 0.312 e. The van der Waals surface area contributed by atoms with Gasteiger partial charge in [0.15, 0.2) is 9.84 Å². The molecule has 0 spiro atoms. The van der Waals surface area contributed by atoms with E-state index in [-0.39, 0.29) is 6.04 Å². The van der Waals surface area contributed by atoms with Crippen molar-refractivity contribution in [1.82, 2.24) is 10.2 Å². The quantitative estimate of drug-likeness (QED) is 0.859. The first kappa shape index (κ1) is 16.2. The lowest BCUT2D eigenvalue weighted by Crippen LogP contribution is -2.47. The molecule has 2 fully saturated rings. The van der Waals surface area contributed by atoms with Crippen molar-refractivity contribution in [3.63, 3.8) is 0 Å². The van der Waals surface area contributed by atoms with Crippen LogP contribution in [0.15, 0.2) is 0 Å². The number of nitrogens with one attached hydrogen (secondary N) is 1. The van der Waals surface area contributed by atoms with Crippen molar-refractivity contribution in [2.24, 2.45) is 11.3 Å². The Morgan fingerprint density at radius 3 is 2.40 bits per heavy atom. The van der Waals surface area contributed by atoms with Crippen molar-refractivity contribution >= 4 is 9.84 Å². The van der Waals surface area contributed by atoms with Crippen LogP contribution in [0, 0.1) is 11.3 Å². The first-order valence-corrected chi connectivity index (χ1v) is 9.74. The topological polar surface area (TPSA) is 49.4 Å². The fraction of sp³-hybridized carbons (Fsp3) is 1.00. The summed E-state index contributed by atoms with van der Waals surface area (Å²) in [7, 11) is -2.79. The highest BCUT2D eigenvalue weighted by Crippen LogP contribution is 2.34. The summed E-state index contributed by atoms with van der Waals surface area (Å²) in [4.78, 5) is 2.51. The third kappa shape index (κ3) is 4.71. The van der Waals surface area contributed by atoms with E-state index in [1.54, 1.807) is 0 Å². The molecule has 0 aromatic carbocycles. The molecule has 2 aliphatic heterocycles. The van der Waals surface area contributed by atoms with Gasteiger partial charge in [-0.3, -0.25) is 0 Å². The SMILES string of the molecule is CC(C)(C)C1CCN(CCC2CS(=O)(=O)CCN2)CC1. The monoisotopic (exact) mass is 302 g/mol. The average Bonchev–Trinajstić information content (AvgIpc) is 2.35. The second kappa shape index (κ2) is 6.32. The van der Waals surface area contributed by atoms with Gasteiger partial charge in [-0.1, -0.05) is 20.8 Å². The normalized spacial score (nSPS) is 29.4. The summed E-state index contributed by atoms with van der Waals surface area (Å²) in [5.41, 5.74) is 0.422. The first-order valence-electron chi connectivity index (χ1n) is 7.92. The molecule has 2 aliphatic rings. The van der Waals surface area contributed by atoms with Crippen LogP contribution in [0.5, 0.6) is 0 Å². The van der Waals surface area contributed by atoms with Gasteiger partial charge in [0.1, 0.15) is 0 Å². The summed E-state index contributed by atoms with van der Waals surface area (Å²) in [6.07, 6.45) is 3.51. The molecule has 0 aromatic rings. The Morgan fingerprint density at radius 1 is 1.20 bits per heavy atom. The lowest BCUT2D eigenvalue weighted by atomic mass is 9.75. The fourth-order valence-electron chi connectivity index (χ4n) is 3.41. The molecule has 1 atom stereocenters. The molecule has 4 nitrogen and oxygen atoms in total. The number of piperidine rings is 1. The summed E-state index contributed by atoms with van der Waals surface area (Å²) in [6.45, 7) is 11.0. The molecule has 118 valence electrons. The van der Waals surface area contributed by atoms with Gasteiger partial charge in [0.2, 0.25) is 0 Å². The Bertz CT molecular complexity index is 406. The number of sulfone groups is 1. The van der Waals surface area contributed by atoms with E-state index in [1.165, 1.54) is 25.9 Å². The number of hydrogen-bond acceptors (Lipinski definition) is 4. The first-order chi connectivity index (χ1) is 9.26. The lowest BCUT2D eigenvalue weighted by molar-refractivity contribution is 0.110. The van der Waals surface area contributed by atoms with Crippen LogP contribution in [0.3, 0.4) is 0 Å². The molecular weight excluding hydrogens is 272 g/mol. The molecule has 0 radical (unpaired) electrons. The Balaban J connectivity index is 1.71. The van der Waals surface area contributed by atoms with Crippen LogP contribution in [0.1, 0.15) is 40.0 Å². The summed E-state index contributed by atoms with van der Waals surface area (Å²) in [5, 5.41) is 3.34. The van der Waals surface area contributed by atoms with Crippen LogP contribution in [0.2, 0.25) is 0 Å². The summed E-state index contributed by atoms with van der Waals surface area (Å²) in [6, 6.07) is 0.161. The lowest BCUT2D eigenvalue weighted by Gasteiger charge is -2.39. The van der Waals surface area contributed by atoms with Crippen LogP contribution < -0.4 is 5.32 Å². The zero-order valence-electron chi connectivity index (χ0n) is 13.2. The second-order valence-corrected chi connectivity index (χ2v) is 9.76. The van der Waals surface area contributed by atoms with E-state index in [4.69, 9.17) is 0 Å². The van der Waals surface area contributed by atoms with Gasteiger partial charge in [0.05, 0.1) is 11.5 Å². The minimum atomic E-state index is -2.79. The maximum atomic E-state index is 11.6. The Kier molecular flexibility index (Phi) is 5.14. The van der Waals surface area contributed by atoms with Gasteiger partial charge in [-0.05, 0) is 50.2 Å². The summed E-state index contributed by atoms with van der Waals surface area (Å²) < 4.78 is 23.2. The van der Waals surface area contributed by atoms with Crippen molar-refractivity contribution in [3.05, 3.63) is 0 Å². The highest BCUT2D eigenvalue weighted by molar-refractivity contribution is 7.91. The van der Waals surface area contributed by atoms with Gasteiger partial charge in [0, 0.05) is 12.6 Å². The Hall–Kier alpha value is -0.130.